The molecule has 0 aromatic heterocycles. The number of allylic oxidation sites excluding steroid dienone is 2. The van der Waals surface area contributed by atoms with Crippen LogP contribution < -0.4 is 0 Å². The minimum Gasteiger partial charge on any atom is -0.0844 e. The average molecular weight is 427 g/mol. The smallest absolute Gasteiger partial charge is 0.0139 e. The minimum atomic E-state index is 0.545. The molecular formula is C31H54. The lowest BCUT2D eigenvalue weighted by atomic mass is 9.44. The van der Waals surface area contributed by atoms with Gasteiger partial charge in [0.05, 0.1) is 0 Å². The lowest BCUT2D eigenvalue weighted by molar-refractivity contribution is -0.0428. The van der Waals surface area contributed by atoms with E-state index in [0.29, 0.717) is 10.8 Å². The van der Waals surface area contributed by atoms with Gasteiger partial charge in [-0.05, 0) is 103 Å². The van der Waals surface area contributed by atoms with Gasteiger partial charge in [0.25, 0.3) is 0 Å². The number of hydrogen-bond acceptors (Lipinski definition) is 0. The highest BCUT2D eigenvalue weighted by Crippen LogP contribution is 2.65. The Labute approximate surface area is 195 Å². The van der Waals surface area contributed by atoms with Crippen LogP contribution in [0.25, 0.3) is 0 Å². The zero-order valence-corrected chi connectivity index (χ0v) is 22.2. The van der Waals surface area contributed by atoms with Crippen molar-refractivity contribution in [1.29, 1.82) is 0 Å². The molecular weight excluding hydrogens is 372 g/mol. The predicted molar refractivity (Wildman–Crippen MR) is 136 cm³/mol. The van der Waals surface area contributed by atoms with E-state index < -0.39 is 0 Å². The van der Waals surface area contributed by atoms with E-state index in [4.69, 9.17) is 0 Å². The lowest BCUT2D eigenvalue weighted by Gasteiger charge is -2.60. The van der Waals surface area contributed by atoms with E-state index in [1.54, 1.807) is 0 Å². The Hall–Kier alpha value is -0.260. The molecule has 0 amide bonds. The summed E-state index contributed by atoms with van der Waals surface area (Å²) < 4.78 is 0. The van der Waals surface area contributed by atoms with Crippen molar-refractivity contribution in [1.82, 2.24) is 0 Å². The fraction of sp³-hybridized carbons (Fsp3) is 0.935. The Bertz CT molecular complexity index is 642. The Morgan fingerprint density at radius 3 is 2.45 bits per heavy atom. The summed E-state index contributed by atoms with van der Waals surface area (Å²) in [5.74, 6) is 7.31. The Morgan fingerprint density at radius 2 is 1.74 bits per heavy atom. The van der Waals surface area contributed by atoms with Crippen molar-refractivity contribution in [3.05, 3.63) is 11.6 Å². The third-order valence-corrected chi connectivity index (χ3v) is 12.1. The normalized spacial score (nSPS) is 48.1. The van der Waals surface area contributed by atoms with Crippen LogP contribution >= 0.6 is 0 Å². The molecule has 9 atom stereocenters. The van der Waals surface area contributed by atoms with Gasteiger partial charge < -0.3 is 0 Å². The SMILES string of the molecule is CCC1CC=C2C(CC[C@@]3(C(C)C)CCC(C)CC23)C1(C)CCC1CCCC(C)C1C. The fourth-order valence-electron chi connectivity index (χ4n) is 9.45. The molecule has 0 saturated heterocycles. The van der Waals surface area contributed by atoms with Gasteiger partial charge in [0.1, 0.15) is 0 Å². The molecule has 0 heterocycles. The van der Waals surface area contributed by atoms with Crippen LogP contribution in [0.3, 0.4) is 0 Å². The summed E-state index contributed by atoms with van der Waals surface area (Å²) >= 11 is 0. The van der Waals surface area contributed by atoms with Crippen molar-refractivity contribution >= 4 is 0 Å². The monoisotopic (exact) mass is 426 g/mol. The topological polar surface area (TPSA) is 0 Å². The van der Waals surface area contributed by atoms with Crippen LogP contribution in [0, 0.1) is 58.2 Å². The van der Waals surface area contributed by atoms with Crippen molar-refractivity contribution < 1.29 is 0 Å². The van der Waals surface area contributed by atoms with Gasteiger partial charge in [-0.15, -0.1) is 0 Å². The molecule has 0 nitrogen and oxygen atoms in total. The van der Waals surface area contributed by atoms with Gasteiger partial charge in [-0.3, -0.25) is 0 Å². The van der Waals surface area contributed by atoms with Gasteiger partial charge in [-0.1, -0.05) is 92.2 Å². The van der Waals surface area contributed by atoms with Crippen LogP contribution in [0.4, 0.5) is 0 Å². The second kappa shape index (κ2) is 9.18. The summed E-state index contributed by atoms with van der Waals surface area (Å²) in [5, 5.41) is 0. The molecule has 8 unspecified atom stereocenters. The maximum Gasteiger partial charge on any atom is -0.0139 e. The molecule has 0 aliphatic heterocycles. The molecule has 4 rings (SSSR count). The van der Waals surface area contributed by atoms with Crippen LogP contribution in [0.5, 0.6) is 0 Å². The van der Waals surface area contributed by atoms with E-state index in [0.717, 1.165) is 47.3 Å². The summed E-state index contributed by atoms with van der Waals surface area (Å²) in [7, 11) is 0. The molecule has 0 N–H and O–H groups in total. The highest BCUT2D eigenvalue weighted by atomic mass is 14.6. The predicted octanol–water partition coefficient (Wildman–Crippen LogP) is 9.69. The van der Waals surface area contributed by atoms with E-state index in [1.165, 1.54) is 77.0 Å². The molecule has 3 fully saturated rings. The van der Waals surface area contributed by atoms with E-state index in [9.17, 15) is 0 Å². The van der Waals surface area contributed by atoms with Gasteiger partial charge in [0.2, 0.25) is 0 Å². The van der Waals surface area contributed by atoms with Gasteiger partial charge in [-0.25, -0.2) is 0 Å². The van der Waals surface area contributed by atoms with Crippen LogP contribution in [0.1, 0.15) is 126 Å². The largest absolute Gasteiger partial charge is 0.0844 e. The van der Waals surface area contributed by atoms with Crippen LogP contribution in [-0.2, 0) is 0 Å². The van der Waals surface area contributed by atoms with Crippen molar-refractivity contribution in [2.45, 2.75) is 126 Å². The van der Waals surface area contributed by atoms with Gasteiger partial charge in [0, 0.05) is 0 Å². The third kappa shape index (κ3) is 4.10. The standard InChI is InChI=1S/C31H54/c1-8-26-12-13-27-28(16-19-31(21(2)3)18-14-22(4)20-29(27)31)30(26,7)17-15-25-11-9-10-23(5)24(25)6/h13,21-26,28-29H,8-12,14-20H2,1-7H3/t22?,23?,24?,25?,26?,28?,29?,30?,31-/m1/s1. The zero-order valence-electron chi connectivity index (χ0n) is 22.2. The maximum absolute atomic E-state index is 2.81. The second-order valence-electron chi connectivity index (χ2n) is 13.5. The molecule has 0 heteroatoms. The zero-order chi connectivity index (χ0) is 22.4. The van der Waals surface area contributed by atoms with Crippen molar-refractivity contribution in [2.24, 2.45) is 58.2 Å². The summed E-state index contributed by atoms with van der Waals surface area (Å²) in [6.45, 7) is 18.0. The van der Waals surface area contributed by atoms with E-state index in [1.807, 2.05) is 5.57 Å². The lowest BCUT2D eigenvalue weighted by Crippen LogP contribution is -2.51. The van der Waals surface area contributed by atoms with Gasteiger partial charge >= 0.3 is 0 Å². The molecule has 178 valence electrons. The number of rotatable bonds is 5. The molecule has 4 aliphatic carbocycles. The summed E-state index contributed by atoms with van der Waals surface area (Å²) in [4.78, 5) is 0. The Kier molecular flexibility index (Phi) is 7.07. The first kappa shape index (κ1) is 23.9. The third-order valence-electron chi connectivity index (χ3n) is 12.1. The molecule has 0 spiro atoms. The first-order valence-electron chi connectivity index (χ1n) is 14.4. The van der Waals surface area contributed by atoms with Gasteiger partial charge in [0.15, 0.2) is 0 Å². The molecule has 0 bridgehead atoms. The molecule has 4 aliphatic rings. The van der Waals surface area contributed by atoms with Crippen LogP contribution in [0.15, 0.2) is 11.6 Å². The van der Waals surface area contributed by atoms with E-state index in [2.05, 4.69) is 54.5 Å². The molecule has 0 radical (unpaired) electrons. The van der Waals surface area contributed by atoms with Crippen molar-refractivity contribution in [3.63, 3.8) is 0 Å². The summed E-state index contributed by atoms with van der Waals surface area (Å²) in [5.41, 5.74) is 3.12. The van der Waals surface area contributed by atoms with Crippen LogP contribution in [-0.4, -0.2) is 0 Å². The Balaban J connectivity index is 1.59. The highest BCUT2D eigenvalue weighted by molar-refractivity contribution is 5.26. The number of fused-ring (bicyclic) bond motifs is 3. The molecule has 0 aromatic carbocycles. The quantitative estimate of drug-likeness (QED) is 0.384. The van der Waals surface area contributed by atoms with E-state index >= 15 is 0 Å². The van der Waals surface area contributed by atoms with Crippen molar-refractivity contribution in [2.75, 3.05) is 0 Å². The molecule has 0 aromatic rings. The first-order valence-corrected chi connectivity index (χ1v) is 14.4. The number of hydrogen-bond donors (Lipinski definition) is 0. The first-order chi connectivity index (χ1) is 14.7. The van der Waals surface area contributed by atoms with E-state index in [-0.39, 0.29) is 0 Å². The summed E-state index contributed by atoms with van der Waals surface area (Å²) in [6, 6.07) is 0. The minimum absolute atomic E-state index is 0.545. The van der Waals surface area contributed by atoms with Crippen LogP contribution in [0.2, 0.25) is 0 Å². The Morgan fingerprint density at radius 1 is 1.00 bits per heavy atom. The fourth-order valence-corrected chi connectivity index (χ4v) is 9.45. The summed E-state index contributed by atoms with van der Waals surface area (Å²) in [6.07, 6.45) is 20.4. The highest BCUT2D eigenvalue weighted by Gasteiger charge is 2.55. The van der Waals surface area contributed by atoms with Crippen molar-refractivity contribution in [3.8, 4) is 0 Å². The molecule has 3 saturated carbocycles. The van der Waals surface area contributed by atoms with Gasteiger partial charge in [-0.2, -0.15) is 0 Å². The molecule has 31 heavy (non-hydrogen) atoms. The second-order valence-corrected chi connectivity index (χ2v) is 13.5. The maximum atomic E-state index is 2.81. The average Bonchev–Trinajstić information content (AvgIpc) is 2.75.